The fourth-order valence-electron chi connectivity index (χ4n) is 3.27. The van der Waals surface area contributed by atoms with E-state index in [0.717, 1.165) is 6.26 Å². The highest BCUT2D eigenvalue weighted by Crippen LogP contribution is 2.25. The number of aromatic nitrogens is 2. The number of carbonyl (C=O) groups excluding carboxylic acids is 2. The van der Waals surface area contributed by atoms with Crippen molar-refractivity contribution in [3.05, 3.63) is 43.3 Å². The van der Waals surface area contributed by atoms with E-state index in [1.165, 1.54) is 17.1 Å². The van der Waals surface area contributed by atoms with E-state index in [4.69, 9.17) is 13.7 Å². The smallest absolute Gasteiger partial charge is 0.437 e. The molecule has 1 aliphatic rings. The number of hydrogen-bond acceptors (Lipinski definition) is 7. The molecule has 0 saturated carbocycles. The zero-order valence-corrected chi connectivity index (χ0v) is 18.5. The third-order valence-electron chi connectivity index (χ3n) is 4.51. The van der Waals surface area contributed by atoms with Crippen molar-refractivity contribution in [2.24, 2.45) is 12.0 Å². The molecule has 1 saturated heterocycles. The largest absolute Gasteiger partial charge is 0.445 e. The zero-order valence-electron chi connectivity index (χ0n) is 17.7. The molecule has 1 aromatic heterocycles. The van der Waals surface area contributed by atoms with Crippen molar-refractivity contribution in [1.29, 1.82) is 0 Å². The monoisotopic (exact) mass is 456 g/mol. The average molecular weight is 457 g/mol. The van der Waals surface area contributed by atoms with Gasteiger partial charge in [0.15, 0.2) is 0 Å². The molecule has 0 spiro atoms. The van der Waals surface area contributed by atoms with Gasteiger partial charge >= 0.3 is 12.2 Å². The van der Waals surface area contributed by atoms with Crippen molar-refractivity contribution >= 4 is 22.3 Å². The Kier molecular flexibility index (Phi) is 8.63. The molecule has 0 aromatic carbocycles. The molecular weight excluding hydrogens is 428 g/mol. The Morgan fingerprint density at radius 3 is 2.55 bits per heavy atom. The van der Waals surface area contributed by atoms with Gasteiger partial charge in [-0.25, -0.2) is 9.59 Å². The Balaban J connectivity index is 2.14. The molecule has 2 rings (SSSR count). The first kappa shape index (κ1) is 24.4. The normalized spacial score (nSPS) is 19.3. The van der Waals surface area contributed by atoms with E-state index in [2.05, 4.69) is 18.2 Å². The SMILES string of the molecule is C=CCOC(=O)N=c1n(C)ccn1CC[C@@H]1C[C@@H](OS(C)(=O)=O)CN1C(=O)OCC=C. The summed E-state index contributed by atoms with van der Waals surface area (Å²) in [4.78, 5) is 29.7. The van der Waals surface area contributed by atoms with Gasteiger partial charge < -0.3 is 23.5 Å². The van der Waals surface area contributed by atoms with Crippen molar-refractivity contribution < 1.29 is 31.7 Å². The number of amides is 2. The molecule has 0 bridgehead atoms. The van der Waals surface area contributed by atoms with Gasteiger partial charge in [0.05, 0.1) is 18.9 Å². The second kappa shape index (κ2) is 11.0. The Hall–Kier alpha value is -2.86. The maximum Gasteiger partial charge on any atom is 0.437 e. The molecule has 11 nitrogen and oxygen atoms in total. The lowest BCUT2D eigenvalue weighted by molar-refractivity contribution is 0.102. The maximum atomic E-state index is 12.4. The Bertz CT molecular complexity index is 980. The standard InChI is InChI=1S/C19H28N4O7S/c1-5-11-28-18(24)20-17-21(3)9-10-22(17)8-7-15-13-16(30-31(4,26)27)14-23(15)19(25)29-12-6-2/h5-6,9-10,15-16H,1-2,7-8,11-14H2,3-4H3/t15-,16-/m1/s1. The van der Waals surface area contributed by atoms with Gasteiger partial charge in [-0.2, -0.15) is 8.42 Å². The van der Waals surface area contributed by atoms with Gasteiger partial charge in [0.2, 0.25) is 5.62 Å². The molecule has 1 aliphatic heterocycles. The molecule has 2 heterocycles. The lowest BCUT2D eigenvalue weighted by Crippen LogP contribution is -2.38. The third-order valence-corrected chi connectivity index (χ3v) is 5.13. The fourth-order valence-corrected chi connectivity index (χ4v) is 3.90. The van der Waals surface area contributed by atoms with E-state index < -0.39 is 28.4 Å². The van der Waals surface area contributed by atoms with Crippen LogP contribution in [0.25, 0.3) is 0 Å². The summed E-state index contributed by atoms with van der Waals surface area (Å²) in [6, 6.07) is -0.322. The van der Waals surface area contributed by atoms with Crippen molar-refractivity contribution in [1.82, 2.24) is 14.0 Å². The van der Waals surface area contributed by atoms with Gasteiger partial charge in [-0.3, -0.25) is 4.18 Å². The van der Waals surface area contributed by atoms with E-state index in [-0.39, 0.29) is 25.8 Å². The number of imidazole rings is 1. The molecule has 0 unspecified atom stereocenters. The van der Waals surface area contributed by atoms with Crippen LogP contribution >= 0.6 is 0 Å². The van der Waals surface area contributed by atoms with Gasteiger partial charge in [0.1, 0.15) is 13.2 Å². The topological polar surface area (TPSA) is 121 Å². The van der Waals surface area contributed by atoms with Crippen LogP contribution in [-0.4, -0.2) is 72.8 Å². The first-order valence-corrected chi connectivity index (χ1v) is 11.4. The van der Waals surface area contributed by atoms with Crippen LogP contribution < -0.4 is 5.62 Å². The third kappa shape index (κ3) is 7.40. The number of rotatable bonds is 9. The molecule has 2 amide bonds. The maximum absolute atomic E-state index is 12.4. The van der Waals surface area contributed by atoms with Crippen molar-refractivity contribution in [3.63, 3.8) is 0 Å². The van der Waals surface area contributed by atoms with E-state index in [9.17, 15) is 18.0 Å². The Labute approximate surface area is 181 Å². The first-order chi connectivity index (χ1) is 14.6. The van der Waals surface area contributed by atoms with Crippen LogP contribution in [0.3, 0.4) is 0 Å². The summed E-state index contributed by atoms with van der Waals surface area (Å²) in [5.41, 5.74) is 0.372. The number of nitrogens with zero attached hydrogens (tertiary/aromatic N) is 4. The summed E-state index contributed by atoms with van der Waals surface area (Å²) in [7, 11) is -1.93. The van der Waals surface area contributed by atoms with Gasteiger partial charge in [0.25, 0.3) is 10.1 Å². The van der Waals surface area contributed by atoms with Crippen LogP contribution in [0.15, 0.2) is 42.7 Å². The highest BCUT2D eigenvalue weighted by Gasteiger charge is 2.38. The number of ether oxygens (including phenoxy) is 2. The molecule has 2 atom stereocenters. The summed E-state index contributed by atoms with van der Waals surface area (Å²) in [5, 5.41) is 0. The molecule has 0 N–H and O–H groups in total. The molecular formula is C19H28N4O7S. The predicted octanol–water partition coefficient (Wildman–Crippen LogP) is 1.18. The highest BCUT2D eigenvalue weighted by molar-refractivity contribution is 7.86. The van der Waals surface area contributed by atoms with Crippen LogP contribution in [0, 0.1) is 0 Å². The van der Waals surface area contributed by atoms with E-state index >= 15 is 0 Å². The minimum Gasteiger partial charge on any atom is -0.445 e. The molecule has 1 fully saturated rings. The molecule has 0 aliphatic carbocycles. The minimum atomic E-state index is -3.67. The second-order valence-electron chi connectivity index (χ2n) is 7.00. The number of carbonyl (C=O) groups is 2. The van der Waals surface area contributed by atoms with Crippen molar-refractivity contribution in [3.8, 4) is 0 Å². The summed E-state index contributed by atoms with van der Waals surface area (Å²) < 4.78 is 41.5. The fraction of sp³-hybridized carbons (Fsp3) is 0.526. The number of hydrogen-bond donors (Lipinski definition) is 0. The van der Waals surface area contributed by atoms with Crippen molar-refractivity contribution in [2.45, 2.75) is 31.5 Å². The van der Waals surface area contributed by atoms with E-state index in [0.29, 0.717) is 25.0 Å². The Morgan fingerprint density at radius 2 is 1.90 bits per heavy atom. The van der Waals surface area contributed by atoms with Gasteiger partial charge in [-0.1, -0.05) is 25.3 Å². The molecule has 172 valence electrons. The van der Waals surface area contributed by atoms with Crippen molar-refractivity contribution in [2.75, 3.05) is 26.0 Å². The Morgan fingerprint density at radius 1 is 1.23 bits per heavy atom. The average Bonchev–Trinajstić information content (AvgIpc) is 3.25. The van der Waals surface area contributed by atoms with E-state index in [1.54, 1.807) is 28.6 Å². The lowest BCUT2D eigenvalue weighted by Gasteiger charge is -2.23. The van der Waals surface area contributed by atoms with Crippen LogP contribution in [0.5, 0.6) is 0 Å². The number of likely N-dealkylation sites (tertiary alicyclic amines) is 1. The van der Waals surface area contributed by atoms with Crippen LogP contribution in [-0.2, 0) is 37.4 Å². The lowest BCUT2D eigenvalue weighted by atomic mass is 10.1. The molecule has 31 heavy (non-hydrogen) atoms. The predicted molar refractivity (Wildman–Crippen MR) is 112 cm³/mol. The zero-order chi connectivity index (χ0) is 23.0. The van der Waals surface area contributed by atoms with Gasteiger partial charge in [0, 0.05) is 32.0 Å². The summed E-state index contributed by atoms with van der Waals surface area (Å²) in [6.07, 6.45) is 6.18. The quantitative estimate of drug-likeness (QED) is 0.404. The highest BCUT2D eigenvalue weighted by atomic mass is 32.2. The molecule has 0 radical (unpaired) electrons. The van der Waals surface area contributed by atoms with Crippen LogP contribution in [0.4, 0.5) is 9.59 Å². The van der Waals surface area contributed by atoms with Crippen LogP contribution in [0.1, 0.15) is 12.8 Å². The van der Waals surface area contributed by atoms with E-state index in [1.807, 2.05) is 0 Å². The minimum absolute atomic E-state index is 0.0446. The van der Waals surface area contributed by atoms with Gasteiger partial charge in [-0.05, 0) is 12.8 Å². The second-order valence-corrected chi connectivity index (χ2v) is 8.60. The first-order valence-electron chi connectivity index (χ1n) is 9.61. The summed E-state index contributed by atoms with van der Waals surface area (Å²) in [6.45, 7) is 7.60. The van der Waals surface area contributed by atoms with Gasteiger partial charge in [-0.15, -0.1) is 4.99 Å². The summed E-state index contributed by atoms with van der Waals surface area (Å²) in [5.74, 6) is 0. The number of aryl methyl sites for hydroxylation is 2. The summed E-state index contributed by atoms with van der Waals surface area (Å²) >= 11 is 0. The molecule has 1 aromatic rings. The van der Waals surface area contributed by atoms with Crippen LogP contribution in [0.2, 0.25) is 0 Å². The molecule has 12 heteroatoms.